The van der Waals surface area contributed by atoms with Gasteiger partial charge in [-0.3, -0.25) is 18.6 Å². The van der Waals surface area contributed by atoms with E-state index < -0.39 is 51.8 Å². The molecule has 0 aliphatic heterocycles. The topological polar surface area (TPSA) is 149 Å². The van der Waals surface area contributed by atoms with Gasteiger partial charge in [-0.15, -0.1) is 0 Å². The summed E-state index contributed by atoms with van der Waals surface area (Å²) < 4.78 is 32.1. The number of carbonyl (C=O) groups excluding carboxylic acids is 2. The smallest absolute Gasteiger partial charge is 0.462 e. The Bertz CT molecular complexity index is 670. The maximum atomic E-state index is 12.3. The summed E-state index contributed by atoms with van der Waals surface area (Å²) >= 11 is 0. The Kier molecular flexibility index (Phi) is 23.9. The monoisotopic (exact) mass is 566 g/mol. The van der Waals surface area contributed by atoms with Gasteiger partial charge in [0.25, 0.3) is 0 Å². The maximum Gasteiger partial charge on any atom is 0.472 e. The third kappa shape index (κ3) is 23.8. The van der Waals surface area contributed by atoms with E-state index in [2.05, 4.69) is 23.6 Å². The van der Waals surface area contributed by atoms with E-state index in [0.717, 1.165) is 51.4 Å². The second kappa shape index (κ2) is 24.7. The average Bonchev–Trinajstić information content (AvgIpc) is 2.89. The fourth-order valence-corrected chi connectivity index (χ4v) is 4.31. The summed E-state index contributed by atoms with van der Waals surface area (Å²) in [4.78, 5) is 34.2. The van der Waals surface area contributed by atoms with Gasteiger partial charge in [-0.25, -0.2) is 4.57 Å². The Balaban J connectivity index is 4.49. The van der Waals surface area contributed by atoms with Crippen LogP contribution in [0.4, 0.5) is 0 Å². The predicted octanol–water partition coefficient (Wildman–Crippen LogP) is 5.38. The summed E-state index contributed by atoms with van der Waals surface area (Å²) in [5.74, 6) is -0.951. The second-order valence-electron chi connectivity index (χ2n) is 9.44. The summed E-state index contributed by atoms with van der Waals surface area (Å²) in [5.41, 5.74) is 0. The molecule has 0 bridgehead atoms. The van der Waals surface area contributed by atoms with Crippen molar-refractivity contribution in [3.05, 3.63) is 12.2 Å². The molecule has 0 aliphatic carbocycles. The van der Waals surface area contributed by atoms with Crippen LogP contribution in [0.3, 0.4) is 0 Å². The molecule has 224 valence electrons. The van der Waals surface area contributed by atoms with Crippen molar-refractivity contribution in [3.8, 4) is 0 Å². The van der Waals surface area contributed by atoms with Gasteiger partial charge in [-0.1, -0.05) is 76.9 Å². The molecule has 3 N–H and O–H groups in total. The Morgan fingerprint density at radius 2 is 1.37 bits per heavy atom. The number of carbonyl (C=O) groups is 2. The number of hydrogen-bond acceptors (Lipinski definition) is 9. The summed E-state index contributed by atoms with van der Waals surface area (Å²) in [7, 11) is -4.59. The molecule has 0 aliphatic rings. The first kappa shape index (κ1) is 36.7. The Labute approximate surface area is 228 Å². The molecule has 0 aromatic rings. The van der Waals surface area contributed by atoms with Gasteiger partial charge in [-0.05, 0) is 32.6 Å². The largest absolute Gasteiger partial charge is 0.472 e. The van der Waals surface area contributed by atoms with Crippen LogP contribution in [0.1, 0.15) is 110 Å². The first-order chi connectivity index (χ1) is 18.2. The summed E-state index contributed by atoms with van der Waals surface area (Å²) in [6.45, 7) is 2.02. The van der Waals surface area contributed by atoms with Crippen LogP contribution >= 0.6 is 7.82 Å². The quantitative estimate of drug-likeness (QED) is 0.0539. The zero-order valence-electron chi connectivity index (χ0n) is 23.4. The fourth-order valence-electron chi connectivity index (χ4n) is 3.52. The van der Waals surface area contributed by atoms with E-state index in [1.807, 2.05) is 6.92 Å². The van der Waals surface area contributed by atoms with Crippen LogP contribution in [-0.4, -0.2) is 65.7 Å². The van der Waals surface area contributed by atoms with Crippen LogP contribution in [0, 0.1) is 0 Å². The van der Waals surface area contributed by atoms with E-state index in [0.29, 0.717) is 12.8 Å². The standard InChI is InChI=1S/C27H51O10P/c1-3-5-7-9-10-11-12-13-15-17-19-27(31)37-25(22-34-26(30)18-16-14-8-6-4-2)23-36-38(32,33)35-21-24(29)20-28/h3,5,24-25,28-29H,4,6-23H2,1-2H3,(H,32,33)/b5-3+/t24-,25+/m0/s1. The molecule has 0 spiro atoms. The Morgan fingerprint density at radius 3 is 1.97 bits per heavy atom. The van der Waals surface area contributed by atoms with Crippen LogP contribution in [0.2, 0.25) is 0 Å². The van der Waals surface area contributed by atoms with Gasteiger partial charge in [-0.2, -0.15) is 0 Å². The highest BCUT2D eigenvalue weighted by molar-refractivity contribution is 7.47. The van der Waals surface area contributed by atoms with E-state index in [-0.39, 0.29) is 19.4 Å². The van der Waals surface area contributed by atoms with Crippen LogP contribution in [0.5, 0.6) is 0 Å². The van der Waals surface area contributed by atoms with Gasteiger partial charge in [0, 0.05) is 12.8 Å². The number of aliphatic hydroxyl groups is 2. The maximum absolute atomic E-state index is 12.3. The van der Waals surface area contributed by atoms with Crippen molar-refractivity contribution >= 4 is 19.8 Å². The minimum atomic E-state index is -4.59. The van der Waals surface area contributed by atoms with Crippen molar-refractivity contribution < 1.29 is 47.8 Å². The minimum Gasteiger partial charge on any atom is -0.462 e. The zero-order valence-corrected chi connectivity index (χ0v) is 24.3. The molecule has 0 rings (SSSR count). The lowest BCUT2D eigenvalue weighted by Crippen LogP contribution is -2.29. The molecule has 0 aromatic carbocycles. The SMILES string of the molecule is C/C=C/CCCCCCCCCC(=O)O[C@H](COC(=O)CCCCCCC)COP(=O)(O)OC[C@@H](O)CO. The van der Waals surface area contributed by atoms with Crippen molar-refractivity contribution in [1.29, 1.82) is 0 Å². The molecule has 0 amide bonds. The van der Waals surface area contributed by atoms with Crippen molar-refractivity contribution in [1.82, 2.24) is 0 Å². The van der Waals surface area contributed by atoms with Crippen LogP contribution in [-0.2, 0) is 32.7 Å². The number of rotatable bonds is 26. The van der Waals surface area contributed by atoms with Gasteiger partial charge in [0.2, 0.25) is 0 Å². The van der Waals surface area contributed by atoms with Crippen molar-refractivity contribution in [2.24, 2.45) is 0 Å². The molecule has 0 saturated carbocycles. The lowest BCUT2D eigenvalue weighted by Gasteiger charge is -2.20. The molecule has 0 saturated heterocycles. The number of ether oxygens (including phenoxy) is 2. The van der Waals surface area contributed by atoms with E-state index in [9.17, 15) is 24.2 Å². The predicted molar refractivity (Wildman–Crippen MR) is 145 cm³/mol. The van der Waals surface area contributed by atoms with Crippen molar-refractivity contribution in [2.75, 3.05) is 26.4 Å². The molecule has 11 heteroatoms. The molecule has 38 heavy (non-hydrogen) atoms. The highest BCUT2D eigenvalue weighted by Gasteiger charge is 2.27. The number of esters is 2. The van der Waals surface area contributed by atoms with Gasteiger partial charge in [0.05, 0.1) is 19.8 Å². The zero-order chi connectivity index (χ0) is 28.5. The molecule has 1 unspecified atom stereocenters. The van der Waals surface area contributed by atoms with E-state index >= 15 is 0 Å². The van der Waals surface area contributed by atoms with Gasteiger partial charge in [0.1, 0.15) is 12.7 Å². The number of phosphoric ester groups is 1. The van der Waals surface area contributed by atoms with Crippen LogP contribution in [0.25, 0.3) is 0 Å². The van der Waals surface area contributed by atoms with Crippen molar-refractivity contribution in [3.63, 3.8) is 0 Å². The number of aliphatic hydroxyl groups excluding tert-OH is 2. The molecule has 10 nitrogen and oxygen atoms in total. The minimum absolute atomic E-state index is 0.180. The first-order valence-corrected chi connectivity index (χ1v) is 15.6. The van der Waals surface area contributed by atoms with Crippen LogP contribution < -0.4 is 0 Å². The highest BCUT2D eigenvalue weighted by Crippen LogP contribution is 2.43. The molecule has 0 aromatic heterocycles. The summed E-state index contributed by atoms with van der Waals surface area (Å²) in [5, 5.41) is 18.1. The number of allylic oxidation sites excluding steroid dienone is 2. The van der Waals surface area contributed by atoms with E-state index in [1.165, 1.54) is 19.3 Å². The highest BCUT2D eigenvalue weighted by atomic mass is 31.2. The third-order valence-electron chi connectivity index (χ3n) is 5.76. The van der Waals surface area contributed by atoms with Crippen molar-refractivity contribution in [2.45, 2.75) is 122 Å². The normalized spacial score (nSPS) is 14.8. The Morgan fingerprint density at radius 1 is 0.816 bits per heavy atom. The summed E-state index contributed by atoms with van der Waals surface area (Å²) in [6, 6.07) is 0. The molecule has 3 atom stereocenters. The van der Waals surface area contributed by atoms with Gasteiger partial charge >= 0.3 is 19.8 Å². The third-order valence-corrected chi connectivity index (χ3v) is 6.72. The van der Waals surface area contributed by atoms with Gasteiger partial charge in [0.15, 0.2) is 6.10 Å². The molecular formula is C27H51O10P. The average molecular weight is 567 g/mol. The van der Waals surface area contributed by atoms with Crippen LogP contribution in [0.15, 0.2) is 12.2 Å². The fraction of sp³-hybridized carbons (Fsp3) is 0.852. The molecule has 0 heterocycles. The number of phosphoric acid groups is 1. The lowest BCUT2D eigenvalue weighted by molar-refractivity contribution is -0.161. The molecule has 0 fully saturated rings. The number of unbranched alkanes of at least 4 members (excludes halogenated alkanes) is 11. The number of hydrogen-bond donors (Lipinski definition) is 3. The first-order valence-electron chi connectivity index (χ1n) is 14.1. The molecular weight excluding hydrogens is 515 g/mol. The second-order valence-corrected chi connectivity index (χ2v) is 10.9. The Hall–Kier alpha value is -1.29. The molecule has 0 radical (unpaired) electrons. The van der Waals surface area contributed by atoms with Gasteiger partial charge < -0.3 is 24.6 Å². The van der Waals surface area contributed by atoms with E-state index in [4.69, 9.17) is 19.1 Å². The van der Waals surface area contributed by atoms with E-state index in [1.54, 1.807) is 0 Å². The summed E-state index contributed by atoms with van der Waals surface area (Å²) in [6.07, 6.45) is 15.5. The lowest BCUT2D eigenvalue weighted by atomic mass is 10.1.